The lowest BCUT2D eigenvalue weighted by atomic mass is 9.74. The highest BCUT2D eigenvalue weighted by Gasteiger charge is 2.42. The van der Waals surface area contributed by atoms with Gasteiger partial charge in [-0.15, -0.1) is 0 Å². The molecule has 1 spiro atoms. The normalized spacial score (nSPS) is 32.7. The molecule has 6 heteroatoms. The van der Waals surface area contributed by atoms with Gasteiger partial charge in [0, 0.05) is 19.6 Å². The summed E-state index contributed by atoms with van der Waals surface area (Å²) in [6.07, 6.45) is -2.54. The van der Waals surface area contributed by atoms with Crippen molar-refractivity contribution in [2.24, 2.45) is 5.41 Å². The van der Waals surface area contributed by atoms with Crippen LogP contribution < -0.4 is 5.32 Å². The van der Waals surface area contributed by atoms with Crippen LogP contribution in [0.3, 0.4) is 0 Å². The van der Waals surface area contributed by atoms with E-state index in [4.69, 9.17) is 5.11 Å². The molecule has 0 bridgehead atoms. The van der Waals surface area contributed by atoms with Gasteiger partial charge in [-0.25, -0.2) is 0 Å². The summed E-state index contributed by atoms with van der Waals surface area (Å²) in [5, 5.41) is 12.5. The summed E-state index contributed by atoms with van der Waals surface area (Å²) in [7, 11) is 0. The molecule has 2 N–H and O–H groups in total. The molecule has 0 saturated carbocycles. The summed E-state index contributed by atoms with van der Waals surface area (Å²) in [5.41, 5.74) is 0.127. The first kappa shape index (κ1) is 14.1. The van der Waals surface area contributed by atoms with Crippen LogP contribution >= 0.6 is 0 Å². The zero-order valence-electron chi connectivity index (χ0n) is 10.5. The second-order valence-electron chi connectivity index (χ2n) is 5.68. The van der Waals surface area contributed by atoms with Crippen LogP contribution in [0.5, 0.6) is 0 Å². The van der Waals surface area contributed by atoms with Gasteiger partial charge in [0.15, 0.2) is 6.10 Å². The Morgan fingerprint density at radius 1 is 1.28 bits per heavy atom. The molecule has 2 fully saturated rings. The summed E-state index contributed by atoms with van der Waals surface area (Å²) >= 11 is 0. The maximum Gasteiger partial charge on any atom is 0.415 e. The number of nitrogens with one attached hydrogen (secondary N) is 1. The molecule has 2 rings (SSSR count). The van der Waals surface area contributed by atoms with E-state index >= 15 is 0 Å². The van der Waals surface area contributed by atoms with E-state index in [0.29, 0.717) is 13.1 Å². The van der Waals surface area contributed by atoms with Gasteiger partial charge in [0.2, 0.25) is 0 Å². The Hall–Kier alpha value is -0.330. The third kappa shape index (κ3) is 3.36. The Balaban J connectivity index is 1.90. The molecule has 3 nitrogen and oxygen atoms in total. The van der Waals surface area contributed by atoms with Crippen molar-refractivity contribution in [2.75, 3.05) is 32.7 Å². The molecule has 0 aromatic rings. The van der Waals surface area contributed by atoms with E-state index in [0.717, 1.165) is 38.8 Å². The molecule has 2 atom stereocenters. The van der Waals surface area contributed by atoms with E-state index in [2.05, 4.69) is 5.32 Å². The maximum atomic E-state index is 12.3. The topological polar surface area (TPSA) is 35.5 Å². The van der Waals surface area contributed by atoms with Crippen molar-refractivity contribution >= 4 is 0 Å². The highest BCUT2D eigenvalue weighted by Crippen LogP contribution is 2.36. The Morgan fingerprint density at radius 2 is 2.00 bits per heavy atom. The number of nitrogens with zero attached hydrogens (tertiary/aromatic N) is 1. The Bertz CT molecular complexity index is 271. The lowest BCUT2D eigenvalue weighted by Crippen LogP contribution is -2.53. The van der Waals surface area contributed by atoms with Crippen molar-refractivity contribution in [3.63, 3.8) is 0 Å². The lowest BCUT2D eigenvalue weighted by molar-refractivity contribution is -0.210. The lowest BCUT2D eigenvalue weighted by Gasteiger charge is -2.46. The number of rotatable bonds is 2. The highest BCUT2D eigenvalue weighted by molar-refractivity contribution is 4.92. The van der Waals surface area contributed by atoms with Crippen molar-refractivity contribution < 1.29 is 18.3 Å². The third-order valence-corrected chi connectivity index (χ3v) is 4.11. The second kappa shape index (κ2) is 5.35. The standard InChI is InChI=1S/C12H21F3N2O/c13-12(14,15)10(18)7-17-6-2-4-11(9-17)3-1-5-16-8-11/h10,16,18H,1-9H2. The van der Waals surface area contributed by atoms with Crippen LogP contribution in [-0.4, -0.2) is 55.0 Å². The van der Waals surface area contributed by atoms with E-state index < -0.39 is 12.3 Å². The molecular weight excluding hydrogens is 245 g/mol. The van der Waals surface area contributed by atoms with Gasteiger partial charge >= 0.3 is 6.18 Å². The molecule has 2 unspecified atom stereocenters. The summed E-state index contributed by atoms with van der Waals surface area (Å²) in [6, 6.07) is 0. The molecule has 2 heterocycles. The predicted octanol–water partition coefficient (Wildman–Crippen LogP) is 1.38. The monoisotopic (exact) mass is 266 g/mol. The fourth-order valence-electron chi connectivity index (χ4n) is 3.19. The number of hydrogen-bond donors (Lipinski definition) is 2. The molecule has 0 radical (unpaired) electrons. The van der Waals surface area contributed by atoms with Gasteiger partial charge in [-0.05, 0) is 44.2 Å². The highest BCUT2D eigenvalue weighted by atomic mass is 19.4. The predicted molar refractivity (Wildman–Crippen MR) is 62.3 cm³/mol. The van der Waals surface area contributed by atoms with Gasteiger partial charge in [-0.1, -0.05) is 0 Å². The molecular formula is C12H21F3N2O. The summed E-state index contributed by atoms with van der Waals surface area (Å²) in [4.78, 5) is 1.77. The largest absolute Gasteiger partial charge is 0.415 e. The van der Waals surface area contributed by atoms with Crippen molar-refractivity contribution in [3.8, 4) is 0 Å². The molecule has 0 aliphatic carbocycles. The maximum absolute atomic E-state index is 12.3. The van der Waals surface area contributed by atoms with Crippen molar-refractivity contribution in [3.05, 3.63) is 0 Å². The molecule has 2 aliphatic heterocycles. The van der Waals surface area contributed by atoms with E-state index in [1.165, 1.54) is 0 Å². The number of β-amino-alcohol motifs (C(OH)–C–C–N with tert-alkyl or cyclic N) is 1. The van der Waals surface area contributed by atoms with Gasteiger partial charge in [0.05, 0.1) is 0 Å². The van der Waals surface area contributed by atoms with Crippen LogP contribution in [0.2, 0.25) is 0 Å². The zero-order chi connectivity index (χ0) is 13.2. The van der Waals surface area contributed by atoms with Gasteiger partial charge in [0.25, 0.3) is 0 Å². The number of piperidine rings is 2. The van der Waals surface area contributed by atoms with Crippen LogP contribution in [0.15, 0.2) is 0 Å². The Kier molecular flexibility index (Phi) is 4.18. The number of hydrogen-bond acceptors (Lipinski definition) is 3. The van der Waals surface area contributed by atoms with Gasteiger partial charge in [-0.2, -0.15) is 13.2 Å². The molecule has 0 aromatic carbocycles. The quantitative estimate of drug-likeness (QED) is 0.792. The second-order valence-corrected chi connectivity index (χ2v) is 5.68. The number of aliphatic hydroxyl groups is 1. The first-order valence-electron chi connectivity index (χ1n) is 6.59. The van der Waals surface area contributed by atoms with Crippen LogP contribution in [0, 0.1) is 5.41 Å². The van der Waals surface area contributed by atoms with E-state index in [1.54, 1.807) is 4.90 Å². The molecule has 18 heavy (non-hydrogen) atoms. The number of aliphatic hydroxyl groups excluding tert-OH is 1. The molecule has 2 aliphatic rings. The van der Waals surface area contributed by atoms with E-state index in [9.17, 15) is 13.2 Å². The van der Waals surface area contributed by atoms with Gasteiger partial charge < -0.3 is 10.4 Å². The third-order valence-electron chi connectivity index (χ3n) is 4.11. The molecule has 106 valence electrons. The van der Waals surface area contributed by atoms with Crippen LogP contribution in [0.4, 0.5) is 13.2 Å². The van der Waals surface area contributed by atoms with Crippen LogP contribution in [0.25, 0.3) is 0 Å². The van der Waals surface area contributed by atoms with Gasteiger partial charge in [0.1, 0.15) is 0 Å². The number of halogens is 3. The molecule has 0 amide bonds. The smallest absolute Gasteiger partial charge is 0.382 e. The number of alkyl halides is 3. The minimum Gasteiger partial charge on any atom is -0.382 e. The average molecular weight is 266 g/mol. The first-order valence-corrected chi connectivity index (χ1v) is 6.59. The fraction of sp³-hybridized carbons (Fsp3) is 1.00. The minimum absolute atomic E-state index is 0.127. The number of likely N-dealkylation sites (tertiary alicyclic amines) is 1. The summed E-state index contributed by atoms with van der Waals surface area (Å²) < 4.78 is 37.0. The molecule has 2 saturated heterocycles. The molecule has 0 aromatic heterocycles. The Morgan fingerprint density at radius 3 is 2.61 bits per heavy atom. The minimum atomic E-state index is -4.50. The summed E-state index contributed by atoms with van der Waals surface area (Å²) in [6.45, 7) is 2.95. The van der Waals surface area contributed by atoms with Crippen molar-refractivity contribution in [2.45, 2.75) is 38.0 Å². The van der Waals surface area contributed by atoms with Crippen LogP contribution in [0.1, 0.15) is 25.7 Å². The fourth-order valence-corrected chi connectivity index (χ4v) is 3.19. The van der Waals surface area contributed by atoms with Gasteiger partial charge in [-0.3, -0.25) is 4.90 Å². The van der Waals surface area contributed by atoms with E-state index in [1.807, 2.05) is 0 Å². The average Bonchev–Trinajstić information content (AvgIpc) is 2.28. The zero-order valence-corrected chi connectivity index (χ0v) is 10.5. The van der Waals surface area contributed by atoms with Crippen molar-refractivity contribution in [1.82, 2.24) is 10.2 Å². The summed E-state index contributed by atoms with van der Waals surface area (Å²) in [5.74, 6) is 0. The first-order chi connectivity index (χ1) is 8.41. The van der Waals surface area contributed by atoms with Crippen molar-refractivity contribution in [1.29, 1.82) is 0 Å². The van der Waals surface area contributed by atoms with Crippen LogP contribution in [-0.2, 0) is 0 Å². The van der Waals surface area contributed by atoms with E-state index in [-0.39, 0.29) is 12.0 Å². The Labute approximate surface area is 105 Å². The SMILES string of the molecule is OC(CN1CCCC2(CCCNC2)C1)C(F)(F)F.